The summed E-state index contributed by atoms with van der Waals surface area (Å²) in [5.74, 6) is 1.07. The van der Waals surface area contributed by atoms with E-state index in [2.05, 4.69) is 15.3 Å². The molecule has 3 aromatic rings. The summed E-state index contributed by atoms with van der Waals surface area (Å²) in [6, 6.07) is 13.6. The van der Waals surface area contributed by atoms with Crippen LogP contribution in [-0.4, -0.2) is 30.7 Å². The number of hydrogen-bond acceptors (Lipinski definition) is 6. The summed E-state index contributed by atoms with van der Waals surface area (Å²) < 4.78 is 51.2. The van der Waals surface area contributed by atoms with E-state index in [-0.39, 0.29) is 11.8 Å². The lowest BCUT2D eigenvalue weighted by Gasteiger charge is -2.23. The molecule has 1 N–H and O–H groups in total. The molecular weight excluding hydrogens is 397 g/mol. The maximum Gasteiger partial charge on any atom is 0.421 e. The van der Waals surface area contributed by atoms with Crippen LogP contribution < -0.4 is 19.7 Å². The number of methoxy groups -OCH3 is 1. The normalized spacial score (nSPS) is 11.1. The minimum absolute atomic E-state index is 0.0425. The highest BCUT2D eigenvalue weighted by atomic mass is 19.4. The molecule has 0 aliphatic heterocycles. The molecule has 0 atom stereocenters. The number of anilines is 4. The Hall–Kier alpha value is -3.49. The maximum absolute atomic E-state index is 13.6. The lowest BCUT2D eigenvalue weighted by molar-refractivity contribution is -0.137. The van der Waals surface area contributed by atoms with Gasteiger partial charge in [-0.2, -0.15) is 18.2 Å². The zero-order chi connectivity index (χ0) is 21.7. The Morgan fingerprint density at radius 2 is 1.63 bits per heavy atom. The largest absolute Gasteiger partial charge is 0.497 e. The SMILES string of the molecule is CCOc1ccc(N(C)c2nc(Nc3ccc(OC)cc3)ncc2C(F)(F)F)cc1. The van der Waals surface area contributed by atoms with Crippen LogP contribution >= 0.6 is 0 Å². The predicted molar refractivity (Wildman–Crippen MR) is 109 cm³/mol. The summed E-state index contributed by atoms with van der Waals surface area (Å²) in [6.45, 7) is 2.35. The van der Waals surface area contributed by atoms with Crippen LogP contribution in [0.4, 0.5) is 36.3 Å². The van der Waals surface area contributed by atoms with Gasteiger partial charge in [-0.15, -0.1) is 0 Å². The van der Waals surface area contributed by atoms with Gasteiger partial charge in [0.1, 0.15) is 17.1 Å². The first-order valence-electron chi connectivity index (χ1n) is 9.13. The van der Waals surface area contributed by atoms with Gasteiger partial charge in [0.25, 0.3) is 0 Å². The minimum atomic E-state index is -4.60. The van der Waals surface area contributed by atoms with Crippen molar-refractivity contribution in [1.29, 1.82) is 0 Å². The van der Waals surface area contributed by atoms with E-state index >= 15 is 0 Å². The number of nitrogens with one attached hydrogen (secondary N) is 1. The van der Waals surface area contributed by atoms with Crippen molar-refractivity contribution in [3.63, 3.8) is 0 Å². The van der Waals surface area contributed by atoms with Crippen LogP contribution in [0.3, 0.4) is 0 Å². The van der Waals surface area contributed by atoms with Crippen LogP contribution in [0.15, 0.2) is 54.7 Å². The van der Waals surface area contributed by atoms with Crippen molar-refractivity contribution in [1.82, 2.24) is 9.97 Å². The van der Waals surface area contributed by atoms with Crippen molar-refractivity contribution in [2.24, 2.45) is 0 Å². The molecule has 0 unspecified atom stereocenters. The monoisotopic (exact) mass is 418 g/mol. The second-order valence-electron chi connectivity index (χ2n) is 6.27. The van der Waals surface area contributed by atoms with E-state index in [0.717, 1.165) is 6.20 Å². The van der Waals surface area contributed by atoms with Crippen molar-refractivity contribution in [3.8, 4) is 11.5 Å². The number of ether oxygens (including phenoxy) is 2. The molecule has 2 aromatic carbocycles. The average Bonchev–Trinajstić information content (AvgIpc) is 2.74. The van der Waals surface area contributed by atoms with Crippen LogP contribution in [0.2, 0.25) is 0 Å². The molecule has 158 valence electrons. The standard InChI is InChI=1S/C21H21F3N4O2/c1-4-30-17-11-7-15(8-12-17)28(2)19-18(21(22,23)24)13-25-20(27-19)26-14-5-9-16(29-3)10-6-14/h5-13H,4H2,1-3H3,(H,25,26,27). The van der Waals surface area contributed by atoms with E-state index in [4.69, 9.17) is 9.47 Å². The highest BCUT2D eigenvalue weighted by molar-refractivity contribution is 5.65. The lowest BCUT2D eigenvalue weighted by Crippen LogP contribution is -2.19. The Kier molecular flexibility index (Phi) is 6.29. The maximum atomic E-state index is 13.6. The first-order chi connectivity index (χ1) is 14.3. The Morgan fingerprint density at radius 3 is 2.20 bits per heavy atom. The molecule has 30 heavy (non-hydrogen) atoms. The predicted octanol–water partition coefficient (Wildman–Crippen LogP) is 5.41. The van der Waals surface area contributed by atoms with Crippen LogP contribution in [0.5, 0.6) is 11.5 Å². The number of hydrogen-bond donors (Lipinski definition) is 1. The van der Waals surface area contributed by atoms with Gasteiger partial charge in [-0.3, -0.25) is 0 Å². The first kappa shape index (κ1) is 21.2. The summed E-state index contributed by atoms with van der Waals surface area (Å²) in [7, 11) is 3.06. The van der Waals surface area contributed by atoms with Gasteiger partial charge in [0.2, 0.25) is 5.95 Å². The zero-order valence-electron chi connectivity index (χ0n) is 16.7. The third-order valence-corrected chi connectivity index (χ3v) is 4.27. The van der Waals surface area contributed by atoms with Crippen molar-refractivity contribution in [2.75, 3.05) is 31.0 Å². The van der Waals surface area contributed by atoms with Crippen molar-refractivity contribution < 1.29 is 22.6 Å². The molecule has 0 radical (unpaired) electrons. The van der Waals surface area contributed by atoms with E-state index in [1.165, 1.54) is 11.9 Å². The Morgan fingerprint density at radius 1 is 1.00 bits per heavy atom. The van der Waals surface area contributed by atoms with E-state index in [1.54, 1.807) is 55.6 Å². The van der Waals surface area contributed by atoms with Gasteiger partial charge < -0.3 is 19.7 Å². The van der Waals surface area contributed by atoms with E-state index < -0.39 is 11.7 Å². The fraction of sp³-hybridized carbons (Fsp3) is 0.238. The van der Waals surface area contributed by atoms with E-state index in [0.29, 0.717) is 29.5 Å². The molecule has 0 saturated carbocycles. The highest BCUT2D eigenvalue weighted by Gasteiger charge is 2.36. The molecule has 1 aromatic heterocycles. The first-order valence-corrected chi connectivity index (χ1v) is 9.13. The molecule has 9 heteroatoms. The van der Waals surface area contributed by atoms with Crippen LogP contribution in [-0.2, 0) is 6.18 Å². The van der Waals surface area contributed by atoms with Crippen molar-refractivity contribution in [2.45, 2.75) is 13.1 Å². The molecule has 0 spiro atoms. The Balaban J connectivity index is 1.94. The summed E-state index contributed by atoms with van der Waals surface area (Å²) in [5, 5.41) is 2.91. The van der Waals surface area contributed by atoms with Crippen molar-refractivity contribution >= 4 is 23.1 Å². The minimum Gasteiger partial charge on any atom is -0.497 e. The van der Waals surface area contributed by atoms with Crippen LogP contribution in [0.25, 0.3) is 0 Å². The van der Waals surface area contributed by atoms with Gasteiger partial charge in [-0.25, -0.2) is 4.98 Å². The number of benzene rings is 2. The van der Waals surface area contributed by atoms with Gasteiger partial charge in [0, 0.05) is 24.6 Å². The van der Waals surface area contributed by atoms with Gasteiger partial charge in [0.15, 0.2) is 5.82 Å². The zero-order valence-corrected chi connectivity index (χ0v) is 16.7. The third kappa shape index (κ3) is 4.91. The topological polar surface area (TPSA) is 59.5 Å². The molecule has 0 bridgehead atoms. The number of alkyl halides is 3. The summed E-state index contributed by atoms with van der Waals surface area (Å²) in [5.41, 5.74) is 0.211. The quantitative estimate of drug-likeness (QED) is 0.553. The second kappa shape index (κ2) is 8.89. The molecule has 0 aliphatic carbocycles. The highest BCUT2D eigenvalue weighted by Crippen LogP contribution is 2.38. The molecule has 1 heterocycles. The van der Waals surface area contributed by atoms with E-state index in [9.17, 15) is 13.2 Å². The second-order valence-corrected chi connectivity index (χ2v) is 6.27. The fourth-order valence-electron chi connectivity index (χ4n) is 2.75. The Bertz CT molecular complexity index is 977. The van der Waals surface area contributed by atoms with Crippen molar-refractivity contribution in [3.05, 3.63) is 60.3 Å². The number of halogens is 3. The summed E-state index contributed by atoms with van der Waals surface area (Å²) in [6.07, 6.45) is -3.83. The molecule has 0 saturated heterocycles. The fourth-order valence-corrected chi connectivity index (χ4v) is 2.75. The average molecular weight is 418 g/mol. The summed E-state index contributed by atoms with van der Waals surface area (Å²) in [4.78, 5) is 9.33. The van der Waals surface area contributed by atoms with Gasteiger partial charge in [-0.1, -0.05) is 0 Å². The smallest absolute Gasteiger partial charge is 0.421 e. The van der Waals surface area contributed by atoms with Gasteiger partial charge >= 0.3 is 6.18 Å². The molecule has 0 fully saturated rings. The molecule has 0 amide bonds. The van der Waals surface area contributed by atoms with Crippen LogP contribution in [0.1, 0.15) is 12.5 Å². The van der Waals surface area contributed by atoms with Crippen LogP contribution in [0, 0.1) is 0 Å². The molecule has 3 rings (SSSR count). The number of aromatic nitrogens is 2. The third-order valence-electron chi connectivity index (χ3n) is 4.27. The molecule has 0 aliphatic rings. The Labute approximate surface area is 172 Å². The number of rotatable bonds is 7. The molecule has 6 nitrogen and oxygen atoms in total. The molecular formula is C21H21F3N4O2. The number of nitrogens with zero attached hydrogens (tertiary/aromatic N) is 3. The van der Waals surface area contributed by atoms with Gasteiger partial charge in [0.05, 0.1) is 13.7 Å². The van der Waals surface area contributed by atoms with E-state index in [1.807, 2.05) is 6.92 Å². The lowest BCUT2D eigenvalue weighted by atomic mass is 10.2. The summed E-state index contributed by atoms with van der Waals surface area (Å²) >= 11 is 0. The van der Waals surface area contributed by atoms with Gasteiger partial charge in [-0.05, 0) is 55.5 Å².